The predicted octanol–water partition coefficient (Wildman–Crippen LogP) is 2.85. The van der Waals surface area contributed by atoms with E-state index in [1.807, 2.05) is 0 Å². The lowest BCUT2D eigenvalue weighted by atomic mass is 10.0. The second-order valence-electron chi connectivity index (χ2n) is 4.27. The fourth-order valence-corrected chi connectivity index (χ4v) is 3.31. The molecule has 2 rings (SSSR count). The van der Waals surface area contributed by atoms with Gasteiger partial charge in [0.2, 0.25) is 5.95 Å². The number of aromatic nitrogens is 2. The minimum atomic E-state index is -0.412. The van der Waals surface area contributed by atoms with E-state index >= 15 is 0 Å². The molecule has 0 saturated heterocycles. The molecule has 0 radical (unpaired) electrons. The van der Waals surface area contributed by atoms with E-state index in [0.29, 0.717) is 16.2 Å². The third-order valence-corrected chi connectivity index (χ3v) is 4.31. The Hall–Kier alpha value is -1.37. The van der Waals surface area contributed by atoms with Crippen LogP contribution in [0.25, 0.3) is 0 Å². The second-order valence-corrected chi connectivity index (χ2v) is 5.56. The van der Waals surface area contributed by atoms with Crippen molar-refractivity contribution >= 4 is 23.4 Å². The molecule has 1 aromatic rings. The maximum absolute atomic E-state index is 11.0. The van der Waals surface area contributed by atoms with Gasteiger partial charge in [0.25, 0.3) is 0 Å². The normalized spacial score (nSPS) is 16.5. The van der Waals surface area contributed by atoms with Gasteiger partial charge in [-0.15, -0.1) is 0 Å². The molecule has 0 aromatic carbocycles. The van der Waals surface area contributed by atoms with E-state index in [-0.39, 0.29) is 5.69 Å². The Labute approximate surface area is 110 Å². The lowest BCUT2D eigenvalue weighted by Crippen LogP contribution is -2.09. The quantitative estimate of drug-likeness (QED) is 0.513. The Morgan fingerprint density at radius 3 is 2.78 bits per heavy atom. The molecular formula is C11H16N4O2S. The van der Waals surface area contributed by atoms with E-state index in [1.165, 1.54) is 37.2 Å². The summed E-state index contributed by atoms with van der Waals surface area (Å²) in [6.45, 7) is 0. The lowest BCUT2D eigenvalue weighted by molar-refractivity contribution is -0.388. The molecule has 7 heteroatoms. The van der Waals surface area contributed by atoms with Gasteiger partial charge in [-0.1, -0.05) is 31.0 Å². The molecule has 1 aliphatic carbocycles. The first-order valence-electron chi connectivity index (χ1n) is 6.06. The summed E-state index contributed by atoms with van der Waals surface area (Å²) in [6.07, 6.45) is 7.18. The number of hydrogen-bond donors (Lipinski definition) is 1. The SMILES string of the molecule is CNc1ncc([N+](=O)[O-])c(SC2CCCCC2)n1. The summed E-state index contributed by atoms with van der Waals surface area (Å²) < 4.78 is 0. The molecule has 18 heavy (non-hydrogen) atoms. The van der Waals surface area contributed by atoms with Gasteiger partial charge in [-0.25, -0.2) is 4.98 Å². The molecule has 0 amide bonds. The van der Waals surface area contributed by atoms with Gasteiger partial charge in [0.05, 0.1) is 4.92 Å². The molecule has 0 spiro atoms. The van der Waals surface area contributed by atoms with E-state index in [9.17, 15) is 10.1 Å². The first-order valence-corrected chi connectivity index (χ1v) is 6.94. The third-order valence-electron chi connectivity index (χ3n) is 2.99. The topological polar surface area (TPSA) is 81.0 Å². The minimum Gasteiger partial charge on any atom is -0.357 e. The third kappa shape index (κ3) is 3.10. The fourth-order valence-electron chi connectivity index (χ4n) is 2.03. The van der Waals surface area contributed by atoms with Crippen LogP contribution in [0.2, 0.25) is 0 Å². The van der Waals surface area contributed by atoms with Crippen LogP contribution in [0, 0.1) is 10.1 Å². The first-order chi connectivity index (χ1) is 8.70. The maximum atomic E-state index is 11.0. The van der Waals surface area contributed by atoms with Crippen molar-refractivity contribution in [1.82, 2.24) is 9.97 Å². The van der Waals surface area contributed by atoms with Gasteiger partial charge in [-0.05, 0) is 12.8 Å². The van der Waals surface area contributed by atoms with Crippen molar-refractivity contribution in [2.75, 3.05) is 12.4 Å². The lowest BCUT2D eigenvalue weighted by Gasteiger charge is -2.20. The summed E-state index contributed by atoms with van der Waals surface area (Å²) in [5, 5.41) is 14.7. The number of nitrogens with zero attached hydrogens (tertiary/aromatic N) is 3. The average molecular weight is 268 g/mol. The van der Waals surface area contributed by atoms with Gasteiger partial charge in [0, 0.05) is 12.3 Å². The van der Waals surface area contributed by atoms with Crippen LogP contribution >= 0.6 is 11.8 Å². The van der Waals surface area contributed by atoms with Crippen LogP contribution in [0.15, 0.2) is 11.2 Å². The van der Waals surface area contributed by atoms with E-state index in [2.05, 4.69) is 15.3 Å². The van der Waals surface area contributed by atoms with E-state index < -0.39 is 4.92 Å². The summed E-state index contributed by atoms with van der Waals surface area (Å²) in [6, 6.07) is 0. The van der Waals surface area contributed by atoms with Crippen LogP contribution in [-0.4, -0.2) is 27.2 Å². The largest absolute Gasteiger partial charge is 0.357 e. The van der Waals surface area contributed by atoms with E-state index in [4.69, 9.17) is 0 Å². The number of hydrogen-bond acceptors (Lipinski definition) is 6. The number of rotatable bonds is 4. The summed E-state index contributed by atoms with van der Waals surface area (Å²) in [5.74, 6) is 0.430. The monoisotopic (exact) mass is 268 g/mol. The minimum absolute atomic E-state index is 0.00423. The van der Waals surface area contributed by atoms with Gasteiger partial charge in [-0.3, -0.25) is 10.1 Å². The van der Waals surface area contributed by atoms with Crippen molar-refractivity contribution < 1.29 is 4.92 Å². The molecule has 0 aliphatic heterocycles. The Morgan fingerprint density at radius 1 is 1.44 bits per heavy atom. The molecule has 1 saturated carbocycles. The van der Waals surface area contributed by atoms with Crippen LogP contribution in [0.1, 0.15) is 32.1 Å². The zero-order valence-electron chi connectivity index (χ0n) is 10.3. The molecular weight excluding hydrogens is 252 g/mol. The summed E-state index contributed by atoms with van der Waals surface area (Å²) in [5.41, 5.74) is 0.00423. The Bertz CT molecular complexity index is 435. The van der Waals surface area contributed by atoms with Crippen LogP contribution in [0.4, 0.5) is 11.6 Å². The molecule has 0 bridgehead atoms. The molecule has 1 N–H and O–H groups in total. The Morgan fingerprint density at radius 2 is 2.17 bits per heavy atom. The summed E-state index contributed by atoms with van der Waals surface area (Å²) in [4.78, 5) is 18.6. The van der Waals surface area contributed by atoms with Gasteiger partial charge in [0.15, 0.2) is 5.03 Å². The number of nitrogens with one attached hydrogen (secondary N) is 1. The van der Waals surface area contributed by atoms with Crippen LogP contribution in [0.3, 0.4) is 0 Å². The highest BCUT2D eigenvalue weighted by molar-refractivity contribution is 8.00. The summed E-state index contributed by atoms with van der Waals surface area (Å²) in [7, 11) is 1.70. The molecule has 1 aliphatic rings. The van der Waals surface area contributed by atoms with Crippen molar-refractivity contribution in [3.63, 3.8) is 0 Å². The Balaban J connectivity index is 2.19. The highest BCUT2D eigenvalue weighted by Crippen LogP contribution is 2.36. The molecule has 6 nitrogen and oxygen atoms in total. The fraction of sp³-hybridized carbons (Fsp3) is 0.636. The van der Waals surface area contributed by atoms with E-state index in [1.54, 1.807) is 7.05 Å². The molecule has 1 aromatic heterocycles. The van der Waals surface area contributed by atoms with Gasteiger partial charge in [0.1, 0.15) is 6.20 Å². The average Bonchev–Trinajstić information content (AvgIpc) is 2.39. The number of anilines is 1. The zero-order chi connectivity index (χ0) is 13.0. The van der Waals surface area contributed by atoms with Gasteiger partial charge in [-0.2, -0.15) is 4.98 Å². The zero-order valence-corrected chi connectivity index (χ0v) is 11.1. The molecule has 98 valence electrons. The smallest absolute Gasteiger partial charge is 0.319 e. The second kappa shape index (κ2) is 5.99. The van der Waals surface area contributed by atoms with Gasteiger partial charge >= 0.3 is 5.69 Å². The molecule has 1 fully saturated rings. The number of nitro groups is 1. The van der Waals surface area contributed by atoms with Crippen molar-refractivity contribution in [2.45, 2.75) is 42.4 Å². The first kappa shape index (κ1) is 13.1. The van der Waals surface area contributed by atoms with Crippen molar-refractivity contribution in [3.05, 3.63) is 16.3 Å². The number of thioether (sulfide) groups is 1. The van der Waals surface area contributed by atoms with Crippen LogP contribution in [-0.2, 0) is 0 Å². The highest BCUT2D eigenvalue weighted by Gasteiger charge is 2.23. The predicted molar refractivity (Wildman–Crippen MR) is 71.0 cm³/mol. The summed E-state index contributed by atoms with van der Waals surface area (Å²) >= 11 is 1.52. The van der Waals surface area contributed by atoms with Crippen molar-refractivity contribution in [1.29, 1.82) is 0 Å². The van der Waals surface area contributed by atoms with Crippen molar-refractivity contribution in [2.24, 2.45) is 0 Å². The standard InChI is InChI=1S/C11H16N4O2S/c1-12-11-13-7-9(15(16)17)10(14-11)18-8-5-3-2-4-6-8/h7-8H,2-6H2,1H3,(H,12,13,14). The van der Waals surface area contributed by atoms with Crippen molar-refractivity contribution in [3.8, 4) is 0 Å². The maximum Gasteiger partial charge on any atom is 0.319 e. The van der Waals surface area contributed by atoms with Crippen LogP contribution in [0.5, 0.6) is 0 Å². The highest BCUT2D eigenvalue weighted by atomic mass is 32.2. The van der Waals surface area contributed by atoms with Crippen LogP contribution < -0.4 is 5.32 Å². The Kier molecular flexibility index (Phi) is 4.35. The molecule has 0 unspecified atom stereocenters. The molecule has 1 heterocycles. The van der Waals surface area contributed by atoms with Gasteiger partial charge < -0.3 is 5.32 Å². The van der Waals surface area contributed by atoms with E-state index in [0.717, 1.165) is 12.8 Å². The molecule has 0 atom stereocenters.